The molecule has 0 radical (unpaired) electrons. The molecule has 1 amide bonds. The summed E-state index contributed by atoms with van der Waals surface area (Å²) in [7, 11) is 1.68. The number of hydrazone groups is 1. The van der Waals surface area contributed by atoms with Gasteiger partial charge in [-0.1, -0.05) is 30.3 Å². The van der Waals surface area contributed by atoms with E-state index in [0.717, 1.165) is 41.4 Å². The van der Waals surface area contributed by atoms with Crippen LogP contribution in [0.25, 0.3) is 0 Å². The highest BCUT2D eigenvalue weighted by atomic mass is 16.5. The van der Waals surface area contributed by atoms with E-state index in [1.54, 1.807) is 25.5 Å². The van der Waals surface area contributed by atoms with Crippen LogP contribution >= 0.6 is 0 Å². The maximum atomic E-state index is 12.4. The SMILES string of the molecule is CCN1/C(=C\C=N\NC(=O)c2ccccc2)C(C)(Cc2ccc(OCCO)cc2)c2cc(OC)ccc21. The Bertz CT molecular complexity index is 1270. The Morgan fingerprint density at radius 3 is 2.49 bits per heavy atom. The van der Waals surface area contributed by atoms with Gasteiger partial charge in [-0.25, -0.2) is 5.43 Å². The summed E-state index contributed by atoms with van der Waals surface area (Å²) in [6.45, 7) is 5.36. The zero-order chi connectivity index (χ0) is 26.3. The van der Waals surface area contributed by atoms with E-state index in [-0.39, 0.29) is 24.5 Å². The van der Waals surface area contributed by atoms with E-state index in [9.17, 15) is 4.79 Å². The predicted molar refractivity (Wildman–Crippen MR) is 147 cm³/mol. The van der Waals surface area contributed by atoms with Crippen molar-refractivity contribution in [2.75, 3.05) is 31.8 Å². The average Bonchev–Trinajstić information content (AvgIpc) is 3.17. The first-order valence-corrected chi connectivity index (χ1v) is 12.4. The van der Waals surface area contributed by atoms with Crippen LogP contribution < -0.4 is 19.8 Å². The Kier molecular flexibility index (Phi) is 8.25. The third-order valence-electron chi connectivity index (χ3n) is 6.61. The molecule has 1 aliphatic heterocycles. The fourth-order valence-electron chi connectivity index (χ4n) is 4.82. The molecule has 0 bridgehead atoms. The molecule has 0 fully saturated rings. The number of nitrogens with zero attached hydrogens (tertiary/aromatic N) is 2. The van der Waals surface area contributed by atoms with E-state index in [4.69, 9.17) is 14.6 Å². The molecule has 4 rings (SSSR count). The third-order valence-corrected chi connectivity index (χ3v) is 6.61. The number of carbonyl (C=O) groups excluding carboxylic acids is 1. The number of fused-ring (bicyclic) bond motifs is 1. The highest BCUT2D eigenvalue weighted by Gasteiger charge is 2.43. The molecular formula is C30H33N3O4. The molecular weight excluding hydrogens is 466 g/mol. The predicted octanol–water partition coefficient (Wildman–Crippen LogP) is 4.71. The minimum absolute atomic E-state index is 0.0210. The maximum absolute atomic E-state index is 12.4. The minimum atomic E-state index is -0.372. The van der Waals surface area contributed by atoms with Crippen LogP contribution in [0.3, 0.4) is 0 Å². The van der Waals surface area contributed by atoms with Crippen molar-refractivity contribution < 1.29 is 19.4 Å². The van der Waals surface area contributed by atoms with Crippen LogP contribution in [-0.4, -0.2) is 44.1 Å². The van der Waals surface area contributed by atoms with Crippen molar-refractivity contribution in [3.05, 3.63) is 101 Å². The van der Waals surface area contributed by atoms with Crippen molar-refractivity contribution in [3.8, 4) is 11.5 Å². The summed E-state index contributed by atoms with van der Waals surface area (Å²) in [4.78, 5) is 14.7. The van der Waals surface area contributed by atoms with E-state index in [1.165, 1.54) is 5.56 Å². The smallest absolute Gasteiger partial charge is 0.271 e. The van der Waals surface area contributed by atoms with E-state index in [2.05, 4.69) is 53.5 Å². The lowest BCUT2D eigenvalue weighted by Crippen LogP contribution is -2.31. The summed E-state index contributed by atoms with van der Waals surface area (Å²) < 4.78 is 11.1. The third kappa shape index (κ3) is 5.67. The summed E-state index contributed by atoms with van der Waals surface area (Å²) in [5.74, 6) is 1.27. The molecule has 0 aliphatic carbocycles. The van der Waals surface area contributed by atoms with Crippen LogP contribution in [0.5, 0.6) is 11.5 Å². The van der Waals surface area contributed by atoms with Gasteiger partial charge in [-0.2, -0.15) is 5.10 Å². The van der Waals surface area contributed by atoms with Crippen LogP contribution in [0, 0.1) is 0 Å². The number of ether oxygens (including phenoxy) is 2. The highest BCUT2D eigenvalue weighted by Crippen LogP contribution is 2.50. The lowest BCUT2D eigenvalue weighted by molar-refractivity contribution is 0.0955. The van der Waals surface area contributed by atoms with Gasteiger partial charge in [0.15, 0.2) is 0 Å². The monoisotopic (exact) mass is 499 g/mol. The molecule has 2 N–H and O–H groups in total. The number of aliphatic hydroxyl groups is 1. The highest BCUT2D eigenvalue weighted by molar-refractivity contribution is 5.94. The van der Waals surface area contributed by atoms with E-state index >= 15 is 0 Å². The molecule has 1 heterocycles. The van der Waals surface area contributed by atoms with Gasteiger partial charge in [0.2, 0.25) is 0 Å². The van der Waals surface area contributed by atoms with Gasteiger partial charge in [0.1, 0.15) is 18.1 Å². The van der Waals surface area contributed by atoms with E-state index in [1.807, 2.05) is 42.5 Å². The number of aliphatic hydroxyl groups excluding tert-OH is 1. The van der Waals surface area contributed by atoms with E-state index in [0.29, 0.717) is 5.56 Å². The Labute approximate surface area is 218 Å². The zero-order valence-corrected chi connectivity index (χ0v) is 21.5. The van der Waals surface area contributed by atoms with Gasteiger partial charge in [-0.05, 0) is 79.9 Å². The quantitative estimate of drug-likeness (QED) is 0.312. The molecule has 1 atom stereocenters. The molecule has 37 heavy (non-hydrogen) atoms. The number of carbonyl (C=O) groups is 1. The summed E-state index contributed by atoms with van der Waals surface area (Å²) >= 11 is 0. The number of allylic oxidation sites excluding steroid dienone is 2. The number of hydrogen-bond acceptors (Lipinski definition) is 6. The second-order valence-electron chi connectivity index (χ2n) is 8.99. The first-order valence-electron chi connectivity index (χ1n) is 12.4. The number of likely N-dealkylation sites (N-methyl/N-ethyl adjacent to an activating group) is 1. The molecule has 1 aliphatic rings. The van der Waals surface area contributed by atoms with Gasteiger partial charge in [-0.15, -0.1) is 0 Å². The van der Waals surface area contributed by atoms with Crippen LogP contribution in [0.4, 0.5) is 5.69 Å². The van der Waals surface area contributed by atoms with Crippen LogP contribution in [0.1, 0.15) is 35.3 Å². The van der Waals surface area contributed by atoms with Crippen molar-refractivity contribution in [1.82, 2.24) is 5.43 Å². The first kappa shape index (κ1) is 26.0. The lowest BCUT2D eigenvalue weighted by Gasteiger charge is -2.30. The molecule has 0 saturated carbocycles. The summed E-state index contributed by atoms with van der Waals surface area (Å²) in [6, 6.07) is 23.1. The fraction of sp³-hybridized carbons (Fsp3) is 0.267. The molecule has 192 valence electrons. The summed E-state index contributed by atoms with van der Waals surface area (Å²) in [5.41, 5.74) is 7.31. The van der Waals surface area contributed by atoms with Crippen LogP contribution in [-0.2, 0) is 11.8 Å². The van der Waals surface area contributed by atoms with Crippen molar-refractivity contribution in [2.45, 2.75) is 25.7 Å². The molecule has 7 nitrogen and oxygen atoms in total. The molecule has 0 saturated heterocycles. The average molecular weight is 500 g/mol. The van der Waals surface area contributed by atoms with Crippen LogP contribution in [0.15, 0.2) is 89.7 Å². The van der Waals surface area contributed by atoms with Crippen LogP contribution in [0.2, 0.25) is 0 Å². The summed E-state index contributed by atoms with van der Waals surface area (Å²) in [6.07, 6.45) is 4.35. The molecule has 3 aromatic rings. The zero-order valence-electron chi connectivity index (χ0n) is 21.5. The normalized spacial score (nSPS) is 17.7. The van der Waals surface area contributed by atoms with Crippen molar-refractivity contribution in [1.29, 1.82) is 0 Å². The molecule has 3 aromatic carbocycles. The first-order chi connectivity index (χ1) is 18.0. The number of rotatable bonds is 10. The summed E-state index contributed by atoms with van der Waals surface area (Å²) in [5, 5.41) is 13.2. The van der Waals surface area contributed by atoms with Gasteiger partial charge >= 0.3 is 0 Å². The van der Waals surface area contributed by atoms with Crippen molar-refractivity contribution in [3.63, 3.8) is 0 Å². The van der Waals surface area contributed by atoms with Gasteiger partial charge < -0.3 is 19.5 Å². The van der Waals surface area contributed by atoms with Gasteiger partial charge in [0.25, 0.3) is 5.91 Å². The number of nitrogens with one attached hydrogen (secondary N) is 1. The number of anilines is 1. The second kappa shape index (κ2) is 11.8. The second-order valence-corrected chi connectivity index (χ2v) is 8.99. The molecule has 0 aromatic heterocycles. The molecule has 0 spiro atoms. The maximum Gasteiger partial charge on any atom is 0.271 e. The van der Waals surface area contributed by atoms with Gasteiger partial charge in [0.05, 0.1) is 13.7 Å². The Balaban J connectivity index is 1.65. The Hall–Kier alpha value is -4.10. The molecule has 7 heteroatoms. The fourth-order valence-corrected chi connectivity index (χ4v) is 4.82. The number of hydrogen-bond donors (Lipinski definition) is 2. The van der Waals surface area contributed by atoms with E-state index < -0.39 is 0 Å². The Morgan fingerprint density at radius 2 is 1.81 bits per heavy atom. The van der Waals surface area contributed by atoms with Gasteiger partial charge in [0, 0.05) is 35.1 Å². The standard InChI is InChI=1S/C30H33N3O4/c1-4-33-27-15-14-25(36-3)20-26(27)30(2,21-22-10-12-24(13-11-22)37-19-18-34)28(33)16-17-31-32-29(35)23-8-6-5-7-9-23/h5-17,20,34H,4,18-19,21H2,1-3H3,(H,32,35)/b28-16-,31-17+. The molecule has 1 unspecified atom stereocenters. The largest absolute Gasteiger partial charge is 0.497 e. The number of amides is 1. The Morgan fingerprint density at radius 1 is 1.08 bits per heavy atom. The van der Waals surface area contributed by atoms with Crippen molar-refractivity contribution in [2.24, 2.45) is 5.10 Å². The number of benzene rings is 3. The van der Waals surface area contributed by atoms with Crippen molar-refractivity contribution >= 4 is 17.8 Å². The lowest BCUT2D eigenvalue weighted by atomic mass is 9.76. The van der Waals surface area contributed by atoms with Gasteiger partial charge in [-0.3, -0.25) is 4.79 Å². The number of methoxy groups -OCH3 is 1. The topological polar surface area (TPSA) is 83.4 Å². The minimum Gasteiger partial charge on any atom is -0.497 e.